The molecule has 1 fully saturated rings. The van der Waals surface area contributed by atoms with Crippen LogP contribution in [-0.2, 0) is 9.53 Å². The van der Waals surface area contributed by atoms with Gasteiger partial charge in [0.25, 0.3) is 0 Å². The van der Waals surface area contributed by atoms with Gasteiger partial charge >= 0.3 is 12.0 Å². The quantitative estimate of drug-likeness (QED) is 0.631. The molecule has 1 heterocycles. The minimum absolute atomic E-state index is 0.00836. The molecule has 0 aromatic heterocycles. The number of aliphatic carboxylic acids is 1. The van der Waals surface area contributed by atoms with Gasteiger partial charge in [-0.15, -0.1) is 12.3 Å². The summed E-state index contributed by atoms with van der Waals surface area (Å²) < 4.78 is 5.36. The highest BCUT2D eigenvalue weighted by molar-refractivity contribution is 5.82. The molecule has 100 valence electrons. The molecular formula is C12H18N2O4. The lowest BCUT2D eigenvalue weighted by Crippen LogP contribution is -2.50. The first-order chi connectivity index (χ1) is 8.52. The van der Waals surface area contributed by atoms with Crippen molar-refractivity contribution in [3.05, 3.63) is 0 Å². The Morgan fingerprint density at radius 2 is 2.33 bits per heavy atom. The summed E-state index contributed by atoms with van der Waals surface area (Å²) in [6.45, 7) is 2.53. The van der Waals surface area contributed by atoms with Crippen molar-refractivity contribution in [2.75, 3.05) is 6.61 Å². The second kappa shape index (κ2) is 6.87. The molecule has 0 bridgehead atoms. The van der Waals surface area contributed by atoms with Gasteiger partial charge in [0, 0.05) is 19.1 Å². The Hall–Kier alpha value is -1.74. The van der Waals surface area contributed by atoms with E-state index in [0.29, 0.717) is 6.61 Å². The lowest BCUT2D eigenvalue weighted by atomic mass is 10.0. The maximum absolute atomic E-state index is 11.6. The van der Waals surface area contributed by atoms with Gasteiger partial charge < -0.3 is 20.5 Å². The van der Waals surface area contributed by atoms with Crippen LogP contribution >= 0.6 is 0 Å². The van der Waals surface area contributed by atoms with Crippen LogP contribution < -0.4 is 10.6 Å². The van der Waals surface area contributed by atoms with Gasteiger partial charge in [-0.05, 0) is 19.8 Å². The van der Waals surface area contributed by atoms with Crippen molar-refractivity contribution in [1.82, 2.24) is 10.6 Å². The molecule has 0 aromatic carbocycles. The summed E-state index contributed by atoms with van der Waals surface area (Å²) in [6.07, 6.45) is 6.56. The molecule has 0 saturated carbocycles. The number of amides is 2. The average molecular weight is 254 g/mol. The van der Waals surface area contributed by atoms with Crippen LogP contribution in [0, 0.1) is 12.3 Å². The summed E-state index contributed by atoms with van der Waals surface area (Å²) in [6, 6.07) is -1.54. The summed E-state index contributed by atoms with van der Waals surface area (Å²) in [7, 11) is 0. The zero-order valence-corrected chi connectivity index (χ0v) is 10.3. The number of hydrogen-bond donors (Lipinski definition) is 3. The summed E-state index contributed by atoms with van der Waals surface area (Å²) >= 11 is 0. The van der Waals surface area contributed by atoms with E-state index in [-0.39, 0.29) is 18.6 Å². The highest BCUT2D eigenvalue weighted by Crippen LogP contribution is 2.12. The van der Waals surface area contributed by atoms with Gasteiger partial charge in [0.2, 0.25) is 0 Å². The molecule has 6 heteroatoms. The number of terminal acetylenes is 1. The van der Waals surface area contributed by atoms with E-state index < -0.39 is 18.0 Å². The molecular weight excluding hydrogens is 236 g/mol. The van der Waals surface area contributed by atoms with Crippen molar-refractivity contribution in [3.63, 3.8) is 0 Å². The number of carboxylic acid groups (broad SMARTS) is 1. The van der Waals surface area contributed by atoms with Gasteiger partial charge in [-0.3, -0.25) is 0 Å². The standard InChI is InChI=1S/C12H18N2O4/c1-3-4-10(11(15)16)14-12(17)13-9-5-6-18-8(2)7-9/h1,8-10H,4-7H2,2H3,(H,15,16)(H2,13,14,17). The monoisotopic (exact) mass is 254 g/mol. The van der Waals surface area contributed by atoms with E-state index in [4.69, 9.17) is 16.3 Å². The lowest BCUT2D eigenvalue weighted by Gasteiger charge is -2.28. The molecule has 3 atom stereocenters. The van der Waals surface area contributed by atoms with Crippen molar-refractivity contribution in [1.29, 1.82) is 0 Å². The van der Waals surface area contributed by atoms with Gasteiger partial charge in [0.15, 0.2) is 0 Å². The number of carbonyl (C=O) groups is 2. The third-order valence-corrected chi connectivity index (χ3v) is 2.75. The Kier molecular flexibility index (Phi) is 5.46. The summed E-state index contributed by atoms with van der Waals surface area (Å²) in [4.78, 5) is 22.4. The predicted molar refractivity (Wildman–Crippen MR) is 65.0 cm³/mol. The Balaban J connectivity index is 2.40. The lowest BCUT2D eigenvalue weighted by molar-refractivity contribution is -0.139. The first-order valence-corrected chi connectivity index (χ1v) is 5.87. The third-order valence-electron chi connectivity index (χ3n) is 2.75. The van der Waals surface area contributed by atoms with E-state index in [1.807, 2.05) is 6.92 Å². The first kappa shape index (κ1) is 14.3. The van der Waals surface area contributed by atoms with Crippen LogP contribution in [0.25, 0.3) is 0 Å². The minimum atomic E-state index is -1.14. The van der Waals surface area contributed by atoms with E-state index in [2.05, 4.69) is 16.6 Å². The van der Waals surface area contributed by atoms with Gasteiger partial charge in [0.05, 0.1) is 6.10 Å². The molecule has 1 aliphatic rings. The highest BCUT2D eigenvalue weighted by Gasteiger charge is 2.23. The molecule has 1 saturated heterocycles. The summed E-state index contributed by atoms with van der Waals surface area (Å²) in [5, 5.41) is 13.9. The Morgan fingerprint density at radius 1 is 1.61 bits per heavy atom. The molecule has 2 amide bonds. The molecule has 1 rings (SSSR count). The van der Waals surface area contributed by atoms with Crippen LogP contribution in [0.5, 0.6) is 0 Å². The molecule has 0 spiro atoms. The van der Waals surface area contributed by atoms with Gasteiger partial charge in [0.1, 0.15) is 6.04 Å². The second-order valence-corrected chi connectivity index (χ2v) is 4.32. The fraction of sp³-hybridized carbons (Fsp3) is 0.667. The van der Waals surface area contributed by atoms with Crippen LogP contribution in [0.2, 0.25) is 0 Å². The minimum Gasteiger partial charge on any atom is -0.480 e. The van der Waals surface area contributed by atoms with E-state index in [0.717, 1.165) is 12.8 Å². The Morgan fingerprint density at radius 3 is 2.89 bits per heavy atom. The molecule has 0 aliphatic carbocycles. The highest BCUT2D eigenvalue weighted by atomic mass is 16.5. The summed E-state index contributed by atoms with van der Waals surface area (Å²) in [5.41, 5.74) is 0. The SMILES string of the molecule is C#CCC(NC(=O)NC1CCOC(C)C1)C(=O)O. The van der Waals surface area contributed by atoms with Gasteiger partial charge in [-0.1, -0.05) is 0 Å². The number of carboxylic acids is 1. The van der Waals surface area contributed by atoms with Crippen molar-refractivity contribution < 1.29 is 19.4 Å². The van der Waals surface area contributed by atoms with Crippen LogP contribution in [0.15, 0.2) is 0 Å². The van der Waals surface area contributed by atoms with Crippen LogP contribution in [0.3, 0.4) is 0 Å². The molecule has 3 N–H and O–H groups in total. The second-order valence-electron chi connectivity index (χ2n) is 4.32. The van der Waals surface area contributed by atoms with Crippen molar-refractivity contribution in [3.8, 4) is 12.3 Å². The maximum Gasteiger partial charge on any atom is 0.327 e. The number of hydrogen-bond acceptors (Lipinski definition) is 3. The molecule has 0 radical (unpaired) electrons. The van der Waals surface area contributed by atoms with Crippen molar-refractivity contribution in [2.45, 2.75) is 44.4 Å². The first-order valence-electron chi connectivity index (χ1n) is 5.87. The third kappa shape index (κ3) is 4.63. The fourth-order valence-electron chi connectivity index (χ4n) is 1.83. The average Bonchev–Trinajstić information content (AvgIpc) is 2.28. The Bertz CT molecular complexity index is 350. The van der Waals surface area contributed by atoms with Crippen molar-refractivity contribution >= 4 is 12.0 Å². The molecule has 18 heavy (non-hydrogen) atoms. The van der Waals surface area contributed by atoms with Gasteiger partial charge in [-0.25, -0.2) is 9.59 Å². The van der Waals surface area contributed by atoms with E-state index >= 15 is 0 Å². The summed E-state index contributed by atoms with van der Waals surface area (Å²) in [5.74, 6) is 1.09. The fourth-order valence-corrected chi connectivity index (χ4v) is 1.83. The van der Waals surface area contributed by atoms with E-state index in [1.165, 1.54) is 0 Å². The van der Waals surface area contributed by atoms with Crippen LogP contribution in [0.1, 0.15) is 26.2 Å². The normalized spacial score (nSPS) is 24.7. The predicted octanol–water partition coefficient (Wildman–Crippen LogP) is 0.330. The zero-order valence-electron chi connectivity index (χ0n) is 10.3. The number of ether oxygens (including phenoxy) is 1. The molecule has 1 aliphatic heterocycles. The maximum atomic E-state index is 11.6. The Labute approximate surface area is 106 Å². The van der Waals surface area contributed by atoms with Crippen LogP contribution in [0.4, 0.5) is 4.79 Å². The number of carbonyl (C=O) groups excluding carboxylic acids is 1. The number of urea groups is 1. The number of rotatable bonds is 4. The van der Waals surface area contributed by atoms with Crippen molar-refractivity contribution in [2.24, 2.45) is 0 Å². The zero-order chi connectivity index (χ0) is 13.5. The molecule has 0 aromatic rings. The van der Waals surface area contributed by atoms with Crippen LogP contribution in [-0.4, -0.2) is 41.9 Å². The topological polar surface area (TPSA) is 87.7 Å². The smallest absolute Gasteiger partial charge is 0.327 e. The van der Waals surface area contributed by atoms with E-state index in [9.17, 15) is 9.59 Å². The number of nitrogens with one attached hydrogen (secondary N) is 2. The largest absolute Gasteiger partial charge is 0.480 e. The molecule has 3 unspecified atom stereocenters. The van der Waals surface area contributed by atoms with E-state index in [1.54, 1.807) is 0 Å². The van der Waals surface area contributed by atoms with Gasteiger partial charge in [-0.2, -0.15) is 0 Å². The molecule has 6 nitrogen and oxygen atoms in total.